The van der Waals surface area contributed by atoms with E-state index < -0.39 is 10.0 Å². The maximum Gasteiger partial charge on any atom is 0.262 e. The van der Waals surface area contributed by atoms with Gasteiger partial charge in [0.2, 0.25) is 0 Å². The lowest BCUT2D eigenvalue weighted by Crippen LogP contribution is -2.16. The molecular weight excluding hydrogens is 352 g/mol. The molecule has 0 radical (unpaired) electrons. The first-order valence-corrected chi connectivity index (χ1v) is 8.82. The molecule has 6 heteroatoms. The van der Waals surface area contributed by atoms with E-state index in [4.69, 9.17) is 0 Å². The molecule has 2 rings (SSSR count). The summed E-state index contributed by atoms with van der Waals surface area (Å²) in [6, 6.07) is 6.82. The van der Waals surface area contributed by atoms with Gasteiger partial charge in [0.25, 0.3) is 10.0 Å². The zero-order chi connectivity index (χ0) is 15.6. The molecule has 2 aromatic rings. The van der Waals surface area contributed by atoms with Crippen molar-refractivity contribution < 1.29 is 8.42 Å². The summed E-state index contributed by atoms with van der Waals surface area (Å²) in [5.74, 6) is 0.103. The number of hydrogen-bond donors (Lipinski definition) is 1. The molecule has 0 bridgehead atoms. The first-order valence-electron chi connectivity index (χ1n) is 6.54. The van der Waals surface area contributed by atoms with Crippen LogP contribution in [0.25, 0.3) is 0 Å². The maximum atomic E-state index is 12.6. The molecule has 112 valence electrons. The lowest BCUT2D eigenvalue weighted by Gasteiger charge is -2.16. The van der Waals surface area contributed by atoms with E-state index in [-0.39, 0.29) is 5.92 Å². The van der Waals surface area contributed by atoms with Crippen LogP contribution < -0.4 is 4.72 Å². The van der Waals surface area contributed by atoms with Gasteiger partial charge in [-0.25, -0.2) is 8.42 Å². The Kier molecular flexibility index (Phi) is 4.68. The third kappa shape index (κ3) is 3.63. The third-order valence-corrected chi connectivity index (χ3v) is 5.43. The number of pyridine rings is 1. The van der Waals surface area contributed by atoms with Crippen LogP contribution in [0.15, 0.2) is 46.0 Å². The Morgan fingerprint density at radius 2 is 1.81 bits per heavy atom. The Balaban J connectivity index is 2.51. The predicted molar refractivity (Wildman–Crippen MR) is 88.0 cm³/mol. The Labute approximate surface area is 133 Å². The number of halogens is 1. The van der Waals surface area contributed by atoms with Gasteiger partial charge in [0.05, 0.1) is 10.6 Å². The van der Waals surface area contributed by atoms with Crippen LogP contribution in [-0.2, 0) is 10.0 Å². The summed E-state index contributed by atoms with van der Waals surface area (Å²) in [7, 11) is -3.63. The monoisotopic (exact) mass is 368 g/mol. The molecule has 0 aliphatic heterocycles. The fraction of sp³-hybridized carbons (Fsp3) is 0.267. The van der Waals surface area contributed by atoms with Crippen LogP contribution in [-0.4, -0.2) is 13.4 Å². The highest BCUT2D eigenvalue weighted by molar-refractivity contribution is 9.10. The zero-order valence-corrected chi connectivity index (χ0v) is 14.5. The number of sulfonamides is 1. The quantitative estimate of drug-likeness (QED) is 0.884. The van der Waals surface area contributed by atoms with Crippen molar-refractivity contribution in [2.24, 2.45) is 0 Å². The highest BCUT2D eigenvalue weighted by atomic mass is 79.9. The minimum absolute atomic E-state index is 0.103. The molecule has 1 aromatic carbocycles. The maximum absolute atomic E-state index is 12.6. The van der Waals surface area contributed by atoms with E-state index in [1.165, 1.54) is 0 Å². The molecule has 21 heavy (non-hydrogen) atoms. The van der Waals surface area contributed by atoms with Crippen molar-refractivity contribution in [1.82, 2.24) is 4.98 Å². The number of anilines is 1. The fourth-order valence-corrected chi connectivity index (χ4v) is 3.84. The SMILES string of the molecule is Cc1cc(S(=O)(=O)Nc2ccncc2)c(C(C)C)cc1Br. The highest BCUT2D eigenvalue weighted by Gasteiger charge is 2.21. The van der Waals surface area contributed by atoms with Crippen LogP contribution in [0.4, 0.5) is 5.69 Å². The second kappa shape index (κ2) is 6.15. The molecule has 0 aliphatic carbocycles. The zero-order valence-electron chi connectivity index (χ0n) is 12.1. The number of nitrogens with zero attached hydrogens (tertiary/aromatic N) is 1. The van der Waals surface area contributed by atoms with Gasteiger partial charge in [0, 0.05) is 16.9 Å². The molecule has 1 N–H and O–H groups in total. The molecule has 0 aliphatic rings. The Morgan fingerprint density at radius 1 is 1.19 bits per heavy atom. The summed E-state index contributed by atoms with van der Waals surface area (Å²) in [6.07, 6.45) is 3.10. The van der Waals surface area contributed by atoms with Crippen molar-refractivity contribution in [3.63, 3.8) is 0 Å². The van der Waals surface area contributed by atoms with Crippen LogP contribution in [0, 0.1) is 6.92 Å². The summed E-state index contributed by atoms with van der Waals surface area (Å²) >= 11 is 3.46. The normalized spacial score (nSPS) is 11.7. The smallest absolute Gasteiger partial charge is 0.262 e. The lowest BCUT2D eigenvalue weighted by molar-refractivity contribution is 0.598. The molecule has 1 aromatic heterocycles. The Hall–Kier alpha value is -1.40. The van der Waals surface area contributed by atoms with Crippen LogP contribution in [0.1, 0.15) is 30.9 Å². The molecule has 4 nitrogen and oxygen atoms in total. The van der Waals surface area contributed by atoms with E-state index in [0.29, 0.717) is 10.6 Å². The van der Waals surface area contributed by atoms with Gasteiger partial charge in [0.1, 0.15) is 0 Å². The fourth-order valence-electron chi connectivity index (χ4n) is 1.98. The van der Waals surface area contributed by atoms with Crippen molar-refractivity contribution in [3.8, 4) is 0 Å². The summed E-state index contributed by atoms with van der Waals surface area (Å²) in [5.41, 5.74) is 2.17. The third-order valence-electron chi connectivity index (χ3n) is 3.14. The number of hydrogen-bond acceptors (Lipinski definition) is 3. The van der Waals surface area contributed by atoms with Crippen molar-refractivity contribution in [2.75, 3.05) is 4.72 Å². The first-order chi connectivity index (χ1) is 9.81. The molecular formula is C15H17BrN2O2S. The van der Waals surface area contributed by atoms with Gasteiger partial charge in [0.15, 0.2) is 0 Å². The van der Waals surface area contributed by atoms with E-state index in [1.54, 1.807) is 30.6 Å². The largest absolute Gasteiger partial charge is 0.280 e. The standard InChI is InChI=1S/C15H17BrN2O2S/c1-10(2)13-9-14(16)11(3)8-15(13)21(19,20)18-12-4-6-17-7-5-12/h4-10H,1-3H3,(H,17,18). The summed E-state index contributed by atoms with van der Waals surface area (Å²) in [6.45, 7) is 5.82. The molecule has 0 fully saturated rings. The summed E-state index contributed by atoms with van der Waals surface area (Å²) in [5, 5.41) is 0. The molecule has 0 amide bonds. The number of nitrogens with one attached hydrogen (secondary N) is 1. The number of aryl methyl sites for hydroxylation is 1. The van der Waals surface area contributed by atoms with Gasteiger partial charge in [-0.15, -0.1) is 0 Å². The van der Waals surface area contributed by atoms with Gasteiger partial charge in [-0.2, -0.15) is 0 Å². The number of benzene rings is 1. The average Bonchev–Trinajstić information content (AvgIpc) is 2.41. The van der Waals surface area contributed by atoms with Crippen molar-refractivity contribution in [2.45, 2.75) is 31.6 Å². The van der Waals surface area contributed by atoms with Gasteiger partial charge in [-0.05, 0) is 48.2 Å². The van der Waals surface area contributed by atoms with Gasteiger partial charge in [-0.1, -0.05) is 29.8 Å². The molecule has 0 saturated carbocycles. The Morgan fingerprint density at radius 3 is 2.38 bits per heavy atom. The Bertz CT molecular complexity index is 744. The van der Waals surface area contributed by atoms with Crippen molar-refractivity contribution in [1.29, 1.82) is 0 Å². The number of rotatable bonds is 4. The number of aromatic nitrogens is 1. The molecule has 0 saturated heterocycles. The first kappa shape index (κ1) is 16.0. The van der Waals surface area contributed by atoms with E-state index in [9.17, 15) is 8.42 Å². The lowest BCUT2D eigenvalue weighted by atomic mass is 10.0. The van der Waals surface area contributed by atoms with Gasteiger partial charge < -0.3 is 0 Å². The van der Waals surface area contributed by atoms with Crippen molar-refractivity contribution >= 4 is 31.6 Å². The van der Waals surface area contributed by atoms with Crippen molar-refractivity contribution in [3.05, 3.63) is 52.3 Å². The molecule has 0 unspecified atom stereocenters. The molecule has 0 spiro atoms. The van der Waals surface area contributed by atoms with Gasteiger partial charge in [-0.3, -0.25) is 9.71 Å². The minimum Gasteiger partial charge on any atom is -0.280 e. The summed E-state index contributed by atoms with van der Waals surface area (Å²) < 4.78 is 28.8. The van der Waals surface area contributed by atoms with Crippen LogP contribution in [0.5, 0.6) is 0 Å². The minimum atomic E-state index is -3.63. The van der Waals surface area contributed by atoms with Crippen LogP contribution >= 0.6 is 15.9 Å². The van der Waals surface area contributed by atoms with E-state index in [2.05, 4.69) is 25.6 Å². The predicted octanol–water partition coefficient (Wildman–Crippen LogP) is 4.08. The topological polar surface area (TPSA) is 59.1 Å². The second-order valence-corrected chi connectivity index (χ2v) is 7.64. The van der Waals surface area contributed by atoms with Crippen LogP contribution in [0.3, 0.4) is 0 Å². The summed E-state index contributed by atoms with van der Waals surface area (Å²) in [4.78, 5) is 4.19. The molecule has 0 atom stereocenters. The second-order valence-electron chi connectivity index (χ2n) is 5.14. The van der Waals surface area contributed by atoms with Gasteiger partial charge >= 0.3 is 0 Å². The van der Waals surface area contributed by atoms with Crippen LogP contribution in [0.2, 0.25) is 0 Å². The van der Waals surface area contributed by atoms with E-state index in [0.717, 1.165) is 15.6 Å². The van der Waals surface area contributed by atoms with E-state index >= 15 is 0 Å². The van der Waals surface area contributed by atoms with E-state index in [1.807, 2.05) is 26.8 Å². The average molecular weight is 369 g/mol. The highest BCUT2D eigenvalue weighted by Crippen LogP contribution is 2.30. The molecule has 1 heterocycles.